The van der Waals surface area contributed by atoms with E-state index >= 15 is 0 Å². The number of carbonyl (C=O) groups is 1. The first-order chi connectivity index (χ1) is 13.7. The Morgan fingerprint density at radius 1 is 1.07 bits per heavy atom. The van der Waals surface area contributed by atoms with Gasteiger partial charge in [-0.25, -0.2) is 0 Å². The maximum absolute atomic E-state index is 12.7. The van der Waals surface area contributed by atoms with E-state index in [1.165, 1.54) is 0 Å². The minimum Gasteiger partial charge on any atom is -0.497 e. The van der Waals surface area contributed by atoms with Gasteiger partial charge in [0.1, 0.15) is 11.3 Å². The molecule has 0 fully saturated rings. The largest absolute Gasteiger partial charge is 0.497 e. The number of hydrogen-bond acceptors (Lipinski definition) is 4. The fourth-order valence-electron chi connectivity index (χ4n) is 3.32. The van der Waals surface area contributed by atoms with E-state index in [1.54, 1.807) is 25.8 Å². The van der Waals surface area contributed by atoms with Crippen LogP contribution in [-0.2, 0) is 6.54 Å². The molecule has 5 nitrogen and oxygen atoms in total. The van der Waals surface area contributed by atoms with Gasteiger partial charge in [0.15, 0.2) is 0 Å². The molecule has 0 aliphatic carbocycles. The minimum atomic E-state index is -0.172. The molecule has 0 unspecified atom stereocenters. The number of ether oxygens (including phenoxy) is 1. The molecule has 140 valence electrons. The summed E-state index contributed by atoms with van der Waals surface area (Å²) in [7, 11) is 1.65. The van der Waals surface area contributed by atoms with Gasteiger partial charge in [0.05, 0.1) is 18.9 Å². The Labute approximate surface area is 163 Å². The summed E-state index contributed by atoms with van der Waals surface area (Å²) in [5.41, 5.74) is 5.29. The number of benzene rings is 2. The van der Waals surface area contributed by atoms with Gasteiger partial charge >= 0.3 is 0 Å². The first-order valence-electron chi connectivity index (χ1n) is 8.99. The second kappa shape index (κ2) is 7.56. The number of rotatable bonds is 5. The van der Waals surface area contributed by atoms with Crippen LogP contribution < -0.4 is 10.1 Å². The number of amides is 1. The number of aryl methyl sites for hydroxylation is 1. The van der Waals surface area contributed by atoms with Crippen molar-refractivity contribution in [2.45, 2.75) is 13.5 Å². The molecule has 0 saturated carbocycles. The highest BCUT2D eigenvalue weighted by Crippen LogP contribution is 2.34. The van der Waals surface area contributed by atoms with Gasteiger partial charge in [-0.2, -0.15) is 0 Å². The van der Waals surface area contributed by atoms with E-state index in [4.69, 9.17) is 9.15 Å². The van der Waals surface area contributed by atoms with E-state index in [0.717, 1.165) is 33.4 Å². The van der Waals surface area contributed by atoms with Gasteiger partial charge in [-0.1, -0.05) is 12.1 Å². The van der Waals surface area contributed by atoms with Gasteiger partial charge in [0.25, 0.3) is 5.91 Å². The molecular weight excluding hydrogens is 352 g/mol. The maximum Gasteiger partial charge on any atom is 0.255 e. The Hall–Kier alpha value is -3.60. The van der Waals surface area contributed by atoms with Crippen LogP contribution in [0.25, 0.3) is 22.1 Å². The topological polar surface area (TPSA) is 64.4 Å². The lowest BCUT2D eigenvalue weighted by Crippen LogP contribution is -2.22. The zero-order chi connectivity index (χ0) is 19.5. The third kappa shape index (κ3) is 3.34. The van der Waals surface area contributed by atoms with Crippen LogP contribution in [0.15, 0.2) is 71.6 Å². The van der Waals surface area contributed by atoms with E-state index in [9.17, 15) is 4.79 Å². The molecule has 0 spiro atoms. The first-order valence-corrected chi connectivity index (χ1v) is 8.99. The van der Waals surface area contributed by atoms with Crippen molar-refractivity contribution < 1.29 is 13.9 Å². The van der Waals surface area contributed by atoms with Crippen LogP contribution in [0.5, 0.6) is 5.75 Å². The SMILES string of the molecule is COc1ccc(-c2ccc(C(=O)NCc3ccncc3)c3occc23)c(C)c1. The zero-order valence-corrected chi connectivity index (χ0v) is 15.7. The van der Waals surface area contributed by atoms with Crippen LogP contribution in [0.1, 0.15) is 21.5 Å². The summed E-state index contributed by atoms with van der Waals surface area (Å²) in [5, 5.41) is 3.85. The van der Waals surface area contributed by atoms with Crippen molar-refractivity contribution in [3.05, 3.63) is 83.9 Å². The second-order valence-electron chi connectivity index (χ2n) is 6.54. The quantitative estimate of drug-likeness (QED) is 0.549. The van der Waals surface area contributed by atoms with Gasteiger partial charge in [-0.15, -0.1) is 0 Å². The molecule has 0 atom stereocenters. The summed E-state index contributed by atoms with van der Waals surface area (Å²) in [6.45, 7) is 2.47. The molecule has 0 bridgehead atoms. The van der Waals surface area contributed by atoms with Crippen LogP contribution in [0.2, 0.25) is 0 Å². The maximum atomic E-state index is 12.7. The van der Waals surface area contributed by atoms with Gasteiger partial charge < -0.3 is 14.5 Å². The van der Waals surface area contributed by atoms with E-state index in [-0.39, 0.29) is 5.91 Å². The zero-order valence-electron chi connectivity index (χ0n) is 15.7. The van der Waals surface area contributed by atoms with Gasteiger partial charge in [-0.05, 0) is 65.6 Å². The van der Waals surface area contributed by atoms with E-state index in [0.29, 0.717) is 17.7 Å². The monoisotopic (exact) mass is 372 g/mol. The molecule has 4 rings (SSSR count). The van der Waals surface area contributed by atoms with Crippen LogP contribution in [0.3, 0.4) is 0 Å². The number of furan rings is 1. The molecule has 1 amide bonds. The number of hydrogen-bond donors (Lipinski definition) is 1. The second-order valence-corrected chi connectivity index (χ2v) is 6.54. The molecule has 2 aromatic carbocycles. The molecule has 0 aliphatic heterocycles. The lowest BCUT2D eigenvalue weighted by atomic mass is 9.95. The van der Waals surface area contributed by atoms with Crippen molar-refractivity contribution in [1.29, 1.82) is 0 Å². The minimum absolute atomic E-state index is 0.172. The van der Waals surface area contributed by atoms with Crippen LogP contribution in [0.4, 0.5) is 0 Å². The van der Waals surface area contributed by atoms with Crippen molar-refractivity contribution >= 4 is 16.9 Å². The molecule has 0 saturated heterocycles. The molecule has 4 aromatic rings. The van der Waals surface area contributed by atoms with E-state index in [1.807, 2.05) is 55.5 Å². The summed E-state index contributed by atoms with van der Waals surface area (Å²) in [4.78, 5) is 16.7. The smallest absolute Gasteiger partial charge is 0.255 e. The Morgan fingerprint density at radius 2 is 1.86 bits per heavy atom. The summed E-state index contributed by atoms with van der Waals surface area (Å²) in [5.74, 6) is 0.645. The van der Waals surface area contributed by atoms with E-state index in [2.05, 4.69) is 10.3 Å². The summed E-state index contributed by atoms with van der Waals surface area (Å²) < 4.78 is 11.0. The Kier molecular flexibility index (Phi) is 4.81. The number of nitrogens with zero attached hydrogens (tertiary/aromatic N) is 1. The van der Waals surface area contributed by atoms with Crippen molar-refractivity contribution in [1.82, 2.24) is 10.3 Å². The van der Waals surface area contributed by atoms with Gasteiger partial charge in [0, 0.05) is 24.3 Å². The molecule has 0 aliphatic rings. The third-order valence-electron chi connectivity index (χ3n) is 4.79. The fraction of sp³-hybridized carbons (Fsp3) is 0.130. The lowest BCUT2D eigenvalue weighted by Gasteiger charge is -2.11. The number of carbonyl (C=O) groups excluding carboxylic acids is 1. The normalized spacial score (nSPS) is 10.8. The summed E-state index contributed by atoms with van der Waals surface area (Å²) in [6.07, 6.45) is 5.03. The number of methoxy groups -OCH3 is 1. The highest BCUT2D eigenvalue weighted by molar-refractivity contribution is 6.09. The number of nitrogens with one attached hydrogen (secondary N) is 1. The average molecular weight is 372 g/mol. The third-order valence-corrected chi connectivity index (χ3v) is 4.79. The Bertz CT molecular complexity index is 1130. The highest BCUT2D eigenvalue weighted by atomic mass is 16.5. The molecule has 1 N–H and O–H groups in total. The Morgan fingerprint density at radius 3 is 2.61 bits per heavy atom. The van der Waals surface area contributed by atoms with Crippen molar-refractivity contribution in [2.24, 2.45) is 0 Å². The van der Waals surface area contributed by atoms with Crippen molar-refractivity contribution in [3.8, 4) is 16.9 Å². The first kappa shape index (κ1) is 17.8. The molecule has 5 heteroatoms. The van der Waals surface area contributed by atoms with Crippen LogP contribution in [0, 0.1) is 6.92 Å². The van der Waals surface area contributed by atoms with E-state index < -0.39 is 0 Å². The predicted molar refractivity (Wildman–Crippen MR) is 108 cm³/mol. The van der Waals surface area contributed by atoms with Crippen LogP contribution >= 0.6 is 0 Å². The van der Waals surface area contributed by atoms with Crippen molar-refractivity contribution in [3.63, 3.8) is 0 Å². The van der Waals surface area contributed by atoms with Crippen LogP contribution in [-0.4, -0.2) is 18.0 Å². The van der Waals surface area contributed by atoms with Crippen molar-refractivity contribution in [2.75, 3.05) is 7.11 Å². The molecule has 2 aromatic heterocycles. The standard InChI is InChI=1S/C23H20N2O3/c1-15-13-17(27-2)3-4-18(15)19-5-6-21(22-20(19)9-12-28-22)23(26)25-14-16-7-10-24-11-8-16/h3-13H,14H2,1-2H3,(H,25,26). The predicted octanol–water partition coefficient (Wildman–Crippen LogP) is 4.74. The lowest BCUT2D eigenvalue weighted by molar-refractivity contribution is 0.0951. The highest BCUT2D eigenvalue weighted by Gasteiger charge is 2.17. The molecule has 0 radical (unpaired) electrons. The number of aromatic nitrogens is 1. The molecule has 28 heavy (non-hydrogen) atoms. The average Bonchev–Trinajstić information content (AvgIpc) is 3.22. The molecular formula is C23H20N2O3. The molecule has 2 heterocycles. The Balaban J connectivity index is 1.67. The fourth-order valence-corrected chi connectivity index (χ4v) is 3.32. The van der Waals surface area contributed by atoms with Gasteiger partial charge in [0.2, 0.25) is 0 Å². The number of pyridine rings is 1. The van der Waals surface area contributed by atoms with Gasteiger partial charge in [-0.3, -0.25) is 9.78 Å². The summed E-state index contributed by atoms with van der Waals surface area (Å²) in [6, 6.07) is 15.4. The number of fused-ring (bicyclic) bond motifs is 1. The summed E-state index contributed by atoms with van der Waals surface area (Å²) >= 11 is 0.